The van der Waals surface area contributed by atoms with E-state index >= 15 is 0 Å². The summed E-state index contributed by atoms with van der Waals surface area (Å²) >= 11 is 0. The number of nitrogens with zero attached hydrogens (tertiary/aromatic N) is 1. The standard InChI is InChI=1S/C12H13N3O3/c1-2-12(8-6-4-3-5-7-8)9(16)14-11(18)15(13)10(12)17/h3-7H,2,13H2,1H3,(H,14,16,18)/t12-/m0/s1. The Hall–Kier alpha value is -2.21. The molecule has 18 heavy (non-hydrogen) atoms. The van der Waals surface area contributed by atoms with Gasteiger partial charge in [-0.2, -0.15) is 5.01 Å². The monoisotopic (exact) mass is 247 g/mol. The molecule has 2 rings (SSSR count). The van der Waals surface area contributed by atoms with E-state index in [1.165, 1.54) is 0 Å². The molecule has 94 valence electrons. The van der Waals surface area contributed by atoms with Gasteiger partial charge < -0.3 is 0 Å². The number of nitrogens with two attached hydrogens (primary N) is 1. The number of imide groups is 2. The molecule has 4 amide bonds. The second-order valence-corrected chi connectivity index (χ2v) is 4.06. The topological polar surface area (TPSA) is 92.5 Å². The highest BCUT2D eigenvalue weighted by atomic mass is 16.2. The van der Waals surface area contributed by atoms with Crippen LogP contribution in [-0.4, -0.2) is 22.9 Å². The highest BCUT2D eigenvalue weighted by molar-refractivity contribution is 6.22. The molecule has 1 aliphatic heterocycles. The van der Waals surface area contributed by atoms with Crippen LogP contribution in [0.2, 0.25) is 0 Å². The minimum atomic E-state index is -1.43. The van der Waals surface area contributed by atoms with E-state index in [0.29, 0.717) is 10.6 Å². The average molecular weight is 247 g/mol. The summed E-state index contributed by atoms with van der Waals surface area (Å²) in [5, 5.41) is 2.56. The maximum Gasteiger partial charge on any atom is 0.345 e. The summed E-state index contributed by atoms with van der Waals surface area (Å²) in [5.74, 6) is 4.06. The number of carbonyl (C=O) groups is 3. The van der Waals surface area contributed by atoms with Crippen molar-refractivity contribution in [2.45, 2.75) is 18.8 Å². The zero-order valence-electron chi connectivity index (χ0n) is 9.84. The fourth-order valence-corrected chi connectivity index (χ4v) is 2.15. The molecule has 0 aliphatic carbocycles. The first kappa shape index (κ1) is 12.3. The van der Waals surface area contributed by atoms with E-state index in [-0.39, 0.29) is 6.42 Å². The highest BCUT2D eigenvalue weighted by Crippen LogP contribution is 2.32. The van der Waals surface area contributed by atoms with Crippen molar-refractivity contribution < 1.29 is 14.4 Å². The van der Waals surface area contributed by atoms with E-state index in [4.69, 9.17) is 5.84 Å². The first-order valence-electron chi connectivity index (χ1n) is 5.54. The lowest BCUT2D eigenvalue weighted by Gasteiger charge is -2.36. The van der Waals surface area contributed by atoms with Gasteiger partial charge in [0.25, 0.3) is 5.91 Å². The predicted octanol–water partition coefficient (Wildman–Crippen LogP) is 0.287. The van der Waals surface area contributed by atoms with Crippen molar-refractivity contribution in [3.8, 4) is 0 Å². The molecular formula is C12H13N3O3. The van der Waals surface area contributed by atoms with Crippen LogP contribution in [0.15, 0.2) is 30.3 Å². The van der Waals surface area contributed by atoms with Crippen molar-refractivity contribution in [2.24, 2.45) is 5.84 Å². The summed E-state index contributed by atoms with van der Waals surface area (Å²) in [4.78, 5) is 35.6. The second kappa shape index (κ2) is 4.23. The molecule has 1 heterocycles. The molecule has 0 bridgehead atoms. The van der Waals surface area contributed by atoms with E-state index in [2.05, 4.69) is 5.32 Å². The van der Waals surface area contributed by atoms with Crippen LogP contribution in [0, 0.1) is 0 Å². The van der Waals surface area contributed by atoms with Crippen molar-refractivity contribution in [2.75, 3.05) is 0 Å². The molecule has 1 aromatic carbocycles. The number of hydrazine groups is 1. The summed E-state index contributed by atoms with van der Waals surface area (Å²) < 4.78 is 0. The molecule has 3 N–H and O–H groups in total. The number of carbonyl (C=O) groups excluding carboxylic acids is 3. The van der Waals surface area contributed by atoms with Crippen LogP contribution in [0.25, 0.3) is 0 Å². The zero-order valence-corrected chi connectivity index (χ0v) is 9.84. The Balaban J connectivity index is 2.58. The molecule has 0 saturated carbocycles. The molecule has 0 spiro atoms. The van der Waals surface area contributed by atoms with Gasteiger partial charge in [0.05, 0.1) is 0 Å². The minimum absolute atomic E-state index is 0.225. The summed E-state index contributed by atoms with van der Waals surface area (Å²) in [7, 11) is 0. The van der Waals surface area contributed by atoms with E-state index in [1.54, 1.807) is 37.3 Å². The van der Waals surface area contributed by atoms with Crippen LogP contribution in [0.1, 0.15) is 18.9 Å². The number of benzene rings is 1. The first-order chi connectivity index (χ1) is 8.54. The van der Waals surface area contributed by atoms with Gasteiger partial charge in [-0.05, 0) is 12.0 Å². The van der Waals surface area contributed by atoms with E-state index in [9.17, 15) is 14.4 Å². The highest BCUT2D eigenvalue weighted by Gasteiger charge is 2.53. The maximum absolute atomic E-state index is 12.2. The molecule has 0 unspecified atom stereocenters. The van der Waals surface area contributed by atoms with Crippen LogP contribution in [-0.2, 0) is 15.0 Å². The minimum Gasteiger partial charge on any atom is -0.275 e. The van der Waals surface area contributed by atoms with Gasteiger partial charge >= 0.3 is 6.03 Å². The Labute approximate surface area is 104 Å². The molecule has 1 fully saturated rings. The summed E-state index contributed by atoms with van der Waals surface area (Å²) in [6.45, 7) is 1.70. The third kappa shape index (κ3) is 1.50. The number of hydrogen-bond donors (Lipinski definition) is 2. The van der Waals surface area contributed by atoms with Gasteiger partial charge in [0.1, 0.15) is 0 Å². The number of hydrogen-bond acceptors (Lipinski definition) is 4. The number of urea groups is 1. The maximum atomic E-state index is 12.2. The van der Waals surface area contributed by atoms with E-state index < -0.39 is 23.3 Å². The third-order valence-corrected chi connectivity index (χ3v) is 3.21. The van der Waals surface area contributed by atoms with Crippen molar-refractivity contribution in [3.05, 3.63) is 35.9 Å². The van der Waals surface area contributed by atoms with Crippen molar-refractivity contribution in [3.63, 3.8) is 0 Å². The van der Waals surface area contributed by atoms with Crippen LogP contribution >= 0.6 is 0 Å². The molecule has 1 saturated heterocycles. The smallest absolute Gasteiger partial charge is 0.275 e. The predicted molar refractivity (Wildman–Crippen MR) is 63.0 cm³/mol. The van der Waals surface area contributed by atoms with Gasteiger partial charge in [0, 0.05) is 0 Å². The number of rotatable bonds is 2. The largest absolute Gasteiger partial charge is 0.345 e. The van der Waals surface area contributed by atoms with Crippen LogP contribution in [0.5, 0.6) is 0 Å². The Kier molecular flexibility index (Phi) is 2.88. The van der Waals surface area contributed by atoms with Crippen molar-refractivity contribution in [1.29, 1.82) is 0 Å². The molecule has 0 aromatic heterocycles. The quantitative estimate of drug-likeness (QED) is 0.446. The Morgan fingerprint density at radius 2 is 1.83 bits per heavy atom. The number of barbiturate groups is 1. The average Bonchev–Trinajstić information content (AvgIpc) is 2.39. The van der Waals surface area contributed by atoms with E-state index in [0.717, 1.165) is 0 Å². The number of amides is 4. The fourth-order valence-electron chi connectivity index (χ4n) is 2.15. The van der Waals surface area contributed by atoms with Gasteiger partial charge in [-0.3, -0.25) is 14.9 Å². The van der Waals surface area contributed by atoms with Gasteiger partial charge in [0.2, 0.25) is 5.91 Å². The Bertz CT molecular complexity index is 515. The van der Waals surface area contributed by atoms with Crippen molar-refractivity contribution in [1.82, 2.24) is 10.3 Å². The number of nitrogens with one attached hydrogen (secondary N) is 1. The second-order valence-electron chi connectivity index (χ2n) is 4.06. The molecule has 1 atom stereocenters. The first-order valence-corrected chi connectivity index (χ1v) is 5.54. The molecule has 6 nitrogen and oxygen atoms in total. The fraction of sp³-hybridized carbons (Fsp3) is 0.250. The summed E-state index contributed by atoms with van der Waals surface area (Å²) in [5.41, 5.74) is -0.901. The van der Waals surface area contributed by atoms with E-state index in [1.807, 2.05) is 0 Å². The third-order valence-electron chi connectivity index (χ3n) is 3.21. The molecule has 1 aromatic rings. The molecule has 0 radical (unpaired) electrons. The zero-order chi connectivity index (χ0) is 13.3. The lowest BCUT2D eigenvalue weighted by molar-refractivity contribution is -0.145. The Morgan fingerprint density at radius 3 is 2.39 bits per heavy atom. The molecular weight excluding hydrogens is 234 g/mol. The van der Waals surface area contributed by atoms with Crippen LogP contribution in [0.4, 0.5) is 4.79 Å². The lowest BCUT2D eigenvalue weighted by atomic mass is 9.75. The SMILES string of the molecule is CC[C@]1(c2ccccc2)C(=O)NC(=O)N(N)C1=O. The Morgan fingerprint density at radius 1 is 1.22 bits per heavy atom. The van der Waals surface area contributed by atoms with Gasteiger partial charge in [-0.15, -0.1) is 0 Å². The molecule has 6 heteroatoms. The summed E-state index contributed by atoms with van der Waals surface area (Å²) in [6.07, 6.45) is 0.225. The molecule has 1 aliphatic rings. The van der Waals surface area contributed by atoms with Gasteiger partial charge in [-0.1, -0.05) is 37.3 Å². The van der Waals surface area contributed by atoms with Crippen LogP contribution in [0.3, 0.4) is 0 Å². The normalized spacial score (nSPS) is 24.1. The van der Waals surface area contributed by atoms with Gasteiger partial charge in [-0.25, -0.2) is 10.6 Å². The lowest BCUT2D eigenvalue weighted by Crippen LogP contribution is -2.67. The van der Waals surface area contributed by atoms with Gasteiger partial charge in [0.15, 0.2) is 5.41 Å². The summed E-state index contributed by atoms with van der Waals surface area (Å²) in [6, 6.07) is 7.68. The van der Waals surface area contributed by atoms with Crippen molar-refractivity contribution >= 4 is 17.8 Å². The van der Waals surface area contributed by atoms with Crippen LogP contribution < -0.4 is 11.2 Å².